The molecule has 0 aliphatic carbocycles. The van der Waals surface area contributed by atoms with Gasteiger partial charge in [0.15, 0.2) is 0 Å². The fourth-order valence-corrected chi connectivity index (χ4v) is 2.49. The second kappa shape index (κ2) is 7.44. The number of hydrogen-bond acceptors (Lipinski definition) is 4. The van der Waals surface area contributed by atoms with E-state index in [1.807, 2.05) is 0 Å². The van der Waals surface area contributed by atoms with Gasteiger partial charge in [-0.05, 0) is 31.7 Å². The van der Waals surface area contributed by atoms with E-state index < -0.39 is 15.9 Å². The van der Waals surface area contributed by atoms with Crippen LogP contribution in [0.5, 0.6) is 0 Å². The molecule has 1 rings (SSSR count). The molecule has 0 saturated carbocycles. The van der Waals surface area contributed by atoms with Crippen molar-refractivity contribution in [2.45, 2.75) is 11.8 Å². The number of primary amides is 1. The smallest absolute Gasteiger partial charge is 0.249 e. The van der Waals surface area contributed by atoms with Gasteiger partial charge in [0, 0.05) is 18.7 Å². The van der Waals surface area contributed by atoms with E-state index in [0.29, 0.717) is 12.1 Å². The molecule has 0 saturated heterocycles. The van der Waals surface area contributed by atoms with E-state index in [1.54, 1.807) is 20.0 Å². The monoisotopic (exact) mass is 307 g/mol. The number of carbonyl (C=O) groups excluding carboxylic acids is 1. The lowest BCUT2D eigenvalue weighted by molar-refractivity contribution is 0.0999. The Morgan fingerprint density at radius 1 is 1.32 bits per heavy atom. The number of sulfonamides is 1. The number of amides is 1. The van der Waals surface area contributed by atoms with Crippen molar-refractivity contribution in [3.63, 3.8) is 0 Å². The Bertz CT molecular complexity index is 546. The average Bonchev–Trinajstić information content (AvgIpc) is 2.29. The van der Waals surface area contributed by atoms with E-state index in [1.165, 1.54) is 12.1 Å². The van der Waals surface area contributed by atoms with Crippen LogP contribution < -0.4 is 15.8 Å². The number of rotatable bonds is 6. The van der Waals surface area contributed by atoms with Crippen LogP contribution in [-0.4, -0.2) is 34.5 Å². The molecule has 0 aliphatic heterocycles. The first-order valence-electron chi connectivity index (χ1n) is 5.43. The third-order valence-corrected chi connectivity index (χ3v) is 3.91. The minimum Gasteiger partial charge on any atom is -0.366 e. The third-order valence-electron chi connectivity index (χ3n) is 2.45. The van der Waals surface area contributed by atoms with Crippen LogP contribution in [0, 0.1) is 6.92 Å². The summed E-state index contributed by atoms with van der Waals surface area (Å²) >= 11 is 0. The molecule has 8 heteroatoms. The highest BCUT2D eigenvalue weighted by molar-refractivity contribution is 7.89. The van der Waals surface area contributed by atoms with Gasteiger partial charge in [-0.2, -0.15) is 0 Å². The van der Waals surface area contributed by atoms with Crippen LogP contribution in [0.1, 0.15) is 15.9 Å². The molecule has 0 atom stereocenters. The van der Waals surface area contributed by atoms with Crippen molar-refractivity contribution in [3.05, 3.63) is 29.3 Å². The molecule has 1 aromatic rings. The Balaban J connectivity index is 0.00000324. The molecule has 0 aliphatic rings. The lowest BCUT2D eigenvalue weighted by atomic mass is 10.1. The maximum absolute atomic E-state index is 11.9. The second-order valence-corrected chi connectivity index (χ2v) is 5.61. The number of nitrogens with two attached hydrogens (primary N) is 1. The number of hydrogen-bond donors (Lipinski definition) is 3. The van der Waals surface area contributed by atoms with Gasteiger partial charge in [-0.1, -0.05) is 6.07 Å². The predicted octanol–water partition coefficient (Wildman–Crippen LogP) is 0.0134. The van der Waals surface area contributed by atoms with Crippen LogP contribution in [0.25, 0.3) is 0 Å². The maximum atomic E-state index is 11.9. The Labute approximate surface area is 119 Å². The van der Waals surface area contributed by atoms with Gasteiger partial charge in [-0.25, -0.2) is 13.1 Å². The summed E-state index contributed by atoms with van der Waals surface area (Å²) in [5, 5.41) is 2.83. The van der Waals surface area contributed by atoms with E-state index in [-0.39, 0.29) is 29.4 Å². The van der Waals surface area contributed by atoms with Gasteiger partial charge in [0.1, 0.15) is 0 Å². The summed E-state index contributed by atoms with van der Waals surface area (Å²) in [7, 11) is -1.88. The average molecular weight is 308 g/mol. The molecule has 0 heterocycles. The number of nitrogens with one attached hydrogen (secondary N) is 2. The van der Waals surface area contributed by atoms with Crippen molar-refractivity contribution in [3.8, 4) is 0 Å². The molecule has 0 aromatic heterocycles. The second-order valence-electron chi connectivity index (χ2n) is 3.84. The topological polar surface area (TPSA) is 101 Å². The zero-order chi connectivity index (χ0) is 13.8. The zero-order valence-electron chi connectivity index (χ0n) is 10.8. The molecule has 0 bridgehead atoms. The van der Waals surface area contributed by atoms with Crippen molar-refractivity contribution < 1.29 is 13.2 Å². The number of halogens is 1. The van der Waals surface area contributed by atoms with Crippen LogP contribution in [0.15, 0.2) is 23.1 Å². The summed E-state index contributed by atoms with van der Waals surface area (Å²) in [6.45, 7) is 2.50. The molecule has 0 spiro atoms. The first-order chi connectivity index (χ1) is 8.38. The highest BCUT2D eigenvalue weighted by Crippen LogP contribution is 2.14. The van der Waals surface area contributed by atoms with Gasteiger partial charge in [-0.15, -0.1) is 12.4 Å². The number of likely N-dealkylation sites (N-methyl/N-ethyl adjacent to an activating group) is 1. The minimum absolute atomic E-state index is 0. The van der Waals surface area contributed by atoms with E-state index in [9.17, 15) is 13.2 Å². The summed E-state index contributed by atoms with van der Waals surface area (Å²) in [6, 6.07) is 4.30. The number of aryl methyl sites for hydroxylation is 1. The molecule has 0 fully saturated rings. The highest BCUT2D eigenvalue weighted by atomic mass is 35.5. The first kappa shape index (κ1) is 17.8. The normalized spacial score (nSPS) is 10.8. The lowest BCUT2D eigenvalue weighted by Gasteiger charge is -2.08. The summed E-state index contributed by atoms with van der Waals surface area (Å²) < 4.78 is 26.2. The van der Waals surface area contributed by atoms with Crippen molar-refractivity contribution in [1.29, 1.82) is 0 Å². The lowest BCUT2D eigenvalue weighted by Crippen LogP contribution is -2.30. The Kier molecular flexibility index (Phi) is 6.99. The maximum Gasteiger partial charge on any atom is 0.249 e. The molecule has 1 aromatic carbocycles. The van der Waals surface area contributed by atoms with E-state index in [4.69, 9.17) is 5.73 Å². The molecule has 0 radical (unpaired) electrons. The SMILES string of the molecule is CNCCNS(=O)(=O)c1ccc(C)c(C(N)=O)c1.Cl. The van der Waals surface area contributed by atoms with Crippen LogP contribution >= 0.6 is 12.4 Å². The summed E-state index contributed by atoms with van der Waals surface area (Å²) in [5.74, 6) is -0.639. The van der Waals surface area contributed by atoms with Crippen LogP contribution in [-0.2, 0) is 10.0 Å². The van der Waals surface area contributed by atoms with Crippen LogP contribution in [0.2, 0.25) is 0 Å². The number of carbonyl (C=O) groups is 1. The van der Waals surface area contributed by atoms with E-state index >= 15 is 0 Å². The van der Waals surface area contributed by atoms with Crippen LogP contribution in [0.4, 0.5) is 0 Å². The Hall–Kier alpha value is -1.15. The fraction of sp³-hybridized carbons (Fsp3) is 0.364. The van der Waals surface area contributed by atoms with Crippen molar-refractivity contribution in [2.75, 3.05) is 20.1 Å². The summed E-state index contributed by atoms with van der Waals surface area (Å²) in [4.78, 5) is 11.2. The molecule has 108 valence electrons. The van der Waals surface area contributed by atoms with Crippen molar-refractivity contribution >= 4 is 28.3 Å². The van der Waals surface area contributed by atoms with Gasteiger partial charge in [0.2, 0.25) is 15.9 Å². The largest absolute Gasteiger partial charge is 0.366 e. The molecular weight excluding hydrogens is 290 g/mol. The molecule has 0 unspecified atom stereocenters. The van der Waals surface area contributed by atoms with Gasteiger partial charge < -0.3 is 11.1 Å². The predicted molar refractivity (Wildman–Crippen MR) is 76.1 cm³/mol. The fourth-order valence-electron chi connectivity index (χ4n) is 1.43. The summed E-state index contributed by atoms with van der Waals surface area (Å²) in [6.07, 6.45) is 0. The molecule has 1 amide bonds. The van der Waals surface area contributed by atoms with E-state index in [2.05, 4.69) is 10.0 Å². The van der Waals surface area contributed by atoms with Gasteiger partial charge in [-0.3, -0.25) is 4.79 Å². The highest BCUT2D eigenvalue weighted by Gasteiger charge is 2.16. The van der Waals surface area contributed by atoms with E-state index in [0.717, 1.165) is 0 Å². The standard InChI is InChI=1S/C11H17N3O3S.ClH/c1-8-3-4-9(7-10(8)11(12)15)18(16,17)14-6-5-13-2;/h3-4,7,13-14H,5-6H2,1-2H3,(H2,12,15);1H. The molecular formula is C11H18ClN3O3S. The van der Waals surface area contributed by atoms with Gasteiger partial charge >= 0.3 is 0 Å². The minimum atomic E-state index is -3.60. The Morgan fingerprint density at radius 3 is 2.47 bits per heavy atom. The van der Waals surface area contributed by atoms with Crippen molar-refractivity contribution in [1.82, 2.24) is 10.0 Å². The third kappa shape index (κ3) is 4.79. The molecule has 19 heavy (non-hydrogen) atoms. The van der Waals surface area contributed by atoms with Gasteiger partial charge in [0.05, 0.1) is 4.90 Å². The molecule has 4 N–H and O–H groups in total. The van der Waals surface area contributed by atoms with Crippen molar-refractivity contribution in [2.24, 2.45) is 5.73 Å². The zero-order valence-corrected chi connectivity index (χ0v) is 12.4. The van der Waals surface area contributed by atoms with Gasteiger partial charge in [0.25, 0.3) is 0 Å². The number of benzene rings is 1. The quantitative estimate of drug-likeness (QED) is 0.645. The Morgan fingerprint density at radius 2 is 1.95 bits per heavy atom. The first-order valence-corrected chi connectivity index (χ1v) is 6.91. The summed E-state index contributed by atoms with van der Waals surface area (Å²) in [5.41, 5.74) is 6.05. The van der Waals surface area contributed by atoms with Crippen LogP contribution in [0.3, 0.4) is 0 Å². The molecule has 6 nitrogen and oxygen atoms in total.